The van der Waals surface area contributed by atoms with Crippen LogP contribution >= 0.6 is 0 Å². The maximum atomic E-state index is 11.3. The molecule has 0 heterocycles. The molecule has 0 aliphatic carbocycles. The van der Waals surface area contributed by atoms with Gasteiger partial charge in [0.05, 0.1) is 14.2 Å². The number of carbonyl (C=O) groups excluding carboxylic acids is 2. The van der Waals surface area contributed by atoms with Crippen molar-refractivity contribution in [2.45, 2.75) is 0 Å². The molecule has 1 aromatic rings. The zero-order valence-electron chi connectivity index (χ0n) is 9.10. The Bertz CT molecular complexity index is 421. The van der Waals surface area contributed by atoms with Gasteiger partial charge in [-0.3, -0.25) is 4.79 Å². The summed E-state index contributed by atoms with van der Waals surface area (Å²) in [6.07, 6.45) is 3.67. The molecule has 1 aromatic carbocycles. The summed E-state index contributed by atoms with van der Waals surface area (Å²) in [6, 6.07) is 4.95. The van der Waals surface area contributed by atoms with Crippen LogP contribution in [-0.4, -0.2) is 26.5 Å². The molecular weight excluding hydrogens is 208 g/mol. The predicted molar refractivity (Wildman–Crippen MR) is 59.4 cm³/mol. The van der Waals surface area contributed by atoms with Crippen LogP contribution in [0.25, 0.3) is 6.08 Å². The van der Waals surface area contributed by atoms with Gasteiger partial charge in [0.15, 0.2) is 0 Å². The van der Waals surface area contributed by atoms with Gasteiger partial charge >= 0.3 is 5.97 Å². The number of benzene rings is 1. The van der Waals surface area contributed by atoms with Crippen molar-refractivity contribution in [3.05, 3.63) is 35.4 Å². The number of methoxy groups -OCH3 is 2. The van der Waals surface area contributed by atoms with E-state index in [2.05, 4.69) is 4.74 Å². The summed E-state index contributed by atoms with van der Waals surface area (Å²) in [5, 5.41) is 0. The average Bonchev–Trinajstić information content (AvgIpc) is 2.34. The molecule has 0 fully saturated rings. The molecule has 1 rings (SSSR count). The molecule has 0 aliphatic rings. The van der Waals surface area contributed by atoms with Crippen LogP contribution in [0.15, 0.2) is 24.3 Å². The molecule has 0 saturated carbocycles. The fourth-order valence-electron chi connectivity index (χ4n) is 1.24. The molecule has 0 radical (unpaired) electrons. The molecule has 0 amide bonds. The van der Waals surface area contributed by atoms with Crippen molar-refractivity contribution in [2.75, 3.05) is 14.2 Å². The van der Waals surface area contributed by atoms with Gasteiger partial charge in [-0.05, 0) is 23.8 Å². The topological polar surface area (TPSA) is 52.6 Å². The molecule has 0 spiro atoms. The first-order valence-corrected chi connectivity index (χ1v) is 4.61. The van der Waals surface area contributed by atoms with Crippen LogP contribution in [-0.2, 0) is 9.53 Å². The van der Waals surface area contributed by atoms with E-state index >= 15 is 0 Å². The highest BCUT2D eigenvalue weighted by molar-refractivity contribution is 5.93. The third-order valence-corrected chi connectivity index (χ3v) is 2.00. The van der Waals surface area contributed by atoms with Gasteiger partial charge in [0.1, 0.15) is 17.6 Å². The summed E-state index contributed by atoms with van der Waals surface area (Å²) >= 11 is 0. The van der Waals surface area contributed by atoms with Crippen LogP contribution in [0.1, 0.15) is 15.9 Å². The zero-order valence-corrected chi connectivity index (χ0v) is 9.10. The second-order valence-corrected chi connectivity index (χ2v) is 2.95. The number of carbonyl (C=O) groups is 2. The van der Waals surface area contributed by atoms with E-state index in [0.29, 0.717) is 17.6 Å². The lowest BCUT2D eigenvalue weighted by Gasteiger charge is -2.07. The Balaban J connectivity index is 3.11. The van der Waals surface area contributed by atoms with E-state index in [-0.39, 0.29) is 0 Å². The lowest BCUT2D eigenvalue weighted by Crippen LogP contribution is -2.03. The molecule has 0 aliphatic heterocycles. The maximum absolute atomic E-state index is 11.3. The molecule has 0 N–H and O–H groups in total. The van der Waals surface area contributed by atoms with Crippen LogP contribution in [0.4, 0.5) is 0 Å². The Hall–Kier alpha value is -2.10. The van der Waals surface area contributed by atoms with Gasteiger partial charge in [0.2, 0.25) is 0 Å². The Labute approximate surface area is 93.5 Å². The molecular formula is C12H12O4. The Kier molecular flexibility index (Phi) is 4.27. The summed E-state index contributed by atoms with van der Waals surface area (Å²) in [4.78, 5) is 21.5. The van der Waals surface area contributed by atoms with Gasteiger partial charge < -0.3 is 9.47 Å². The number of esters is 1. The molecule has 0 unspecified atom stereocenters. The quantitative estimate of drug-likeness (QED) is 0.440. The normalized spacial score (nSPS) is 10.1. The Morgan fingerprint density at radius 3 is 2.62 bits per heavy atom. The minimum absolute atomic E-state index is 0.355. The summed E-state index contributed by atoms with van der Waals surface area (Å²) in [7, 11) is 2.77. The largest absolute Gasteiger partial charge is 0.496 e. The first kappa shape index (κ1) is 12.0. The van der Waals surface area contributed by atoms with E-state index in [1.54, 1.807) is 24.3 Å². The highest BCUT2D eigenvalue weighted by Gasteiger charge is 2.12. The van der Waals surface area contributed by atoms with Gasteiger partial charge in [-0.2, -0.15) is 0 Å². The number of hydrogen-bond donors (Lipinski definition) is 0. The van der Waals surface area contributed by atoms with Crippen molar-refractivity contribution < 1.29 is 19.1 Å². The van der Waals surface area contributed by atoms with E-state index in [1.807, 2.05) is 0 Å². The summed E-state index contributed by atoms with van der Waals surface area (Å²) in [5.41, 5.74) is 1.13. The highest BCUT2D eigenvalue weighted by Crippen LogP contribution is 2.21. The lowest BCUT2D eigenvalue weighted by molar-refractivity contribution is -0.104. The number of allylic oxidation sites excluding steroid dienone is 1. The summed E-state index contributed by atoms with van der Waals surface area (Å²) < 4.78 is 9.67. The van der Waals surface area contributed by atoms with Gasteiger partial charge in [-0.25, -0.2) is 4.79 Å². The van der Waals surface area contributed by atoms with Crippen molar-refractivity contribution in [1.82, 2.24) is 0 Å². The van der Waals surface area contributed by atoms with Gasteiger partial charge in [0, 0.05) is 0 Å². The van der Waals surface area contributed by atoms with Crippen LogP contribution in [0.3, 0.4) is 0 Å². The molecule has 0 atom stereocenters. The van der Waals surface area contributed by atoms with Crippen molar-refractivity contribution in [3.63, 3.8) is 0 Å². The minimum Gasteiger partial charge on any atom is -0.496 e. The van der Waals surface area contributed by atoms with Gasteiger partial charge in [-0.15, -0.1) is 0 Å². The van der Waals surface area contributed by atoms with E-state index in [1.165, 1.54) is 20.3 Å². The van der Waals surface area contributed by atoms with Crippen LogP contribution in [0.2, 0.25) is 0 Å². The van der Waals surface area contributed by atoms with Crippen molar-refractivity contribution in [2.24, 2.45) is 0 Å². The highest BCUT2D eigenvalue weighted by atomic mass is 16.5. The SMILES string of the molecule is COC(=O)c1ccc(C=CC=O)cc1OC. The molecule has 84 valence electrons. The third kappa shape index (κ3) is 2.70. The smallest absolute Gasteiger partial charge is 0.341 e. The number of hydrogen-bond acceptors (Lipinski definition) is 4. The monoisotopic (exact) mass is 220 g/mol. The van der Waals surface area contributed by atoms with Gasteiger partial charge in [-0.1, -0.05) is 12.1 Å². The molecule has 4 heteroatoms. The van der Waals surface area contributed by atoms with Crippen molar-refractivity contribution in [3.8, 4) is 5.75 Å². The van der Waals surface area contributed by atoms with E-state index in [0.717, 1.165) is 5.56 Å². The van der Waals surface area contributed by atoms with Crippen LogP contribution < -0.4 is 4.74 Å². The number of aldehydes is 1. The summed E-state index contributed by atoms with van der Waals surface area (Å²) in [6.45, 7) is 0. The maximum Gasteiger partial charge on any atom is 0.341 e. The van der Waals surface area contributed by atoms with E-state index in [4.69, 9.17) is 4.74 Å². The fraction of sp³-hybridized carbons (Fsp3) is 0.167. The minimum atomic E-state index is -0.456. The second kappa shape index (κ2) is 5.70. The zero-order chi connectivity index (χ0) is 12.0. The first-order chi connectivity index (χ1) is 7.72. The third-order valence-electron chi connectivity index (χ3n) is 2.00. The average molecular weight is 220 g/mol. The van der Waals surface area contributed by atoms with Crippen LogP contribution in [0.5, 0.6) is 5.75 Å². The Morgan fingerprint density at radius 2 is 2.06 bits per heavy atom. The molecule has 4 nitrogen and oxygen atoms in total. The first-order valence-electron chi connectivity index (χ1n) is 4.61. The van der Waals surface area contributed by atoms with Crippen molar-refractivity contribution in [1.29, 1.82) is 0 Å². The standard InChI is InChI=1S/C12H12O4/c1-15-11-8-9(4-3-7-13)5-6-10(11)12(14)16-2/h3-8H,1-2H3. The summed E-state index contributed by atoms with van der Waals surface area (Å²) in [5.74, 6) is -0.0392. The second-order valence-electron chi connectivity index (χ2n) is 2.95. The van der Waals surface area contributed by atoms with Crippen LogP contribution in [0, 0.1) is 0 Å². The fourth-order valence-corrected chi connectivity index (χ4v) is 1.24. The number of ether oxygens (including phenoxy) is 2. The van der Waals surface area contributed by atoms with Crippen molar-refractivity contribution >= 4 is 18.3 Å². The van der Waals surface area contributed by atoms with E-state index in [9.17, 15) is 9.59 Å². The Morgan fingerprint density at radius 1 is 1.31 bits per heavy atom. The predicted octanol–water partition coefficient (Wildman–Crippen LogP) is 1.69. The lowest BCUT2D eigenvalue weighted by atomic mass is 10.1. The molecule has 0 bridgehead atoms. The van der Waals surface area contributed by atoms with E-state index < -0.39 is 5.97 Å². The molecule has 0 aromatic heterocycles. The molecule has 16 heavy (non-hydrogen) atoms. The van der Waals surface area contributed by atoms with Gasteiger partial charge in [0.25, 0.3) is 0 Å². The molecule has 0 saturated heterocycles. The number of rotatable bonds is 4.